The van der Waals surface area contributed by atoms with Crippen molar-refractivity contribution >= 4 is 0 Å². The molecule has 0 aromatic heterocycles. The number of ether oxygens (including phenoxy) is 5. The van der Waals surface area contributed by atoms with E-state index in [4.69, 9.17) is 23.7 Å². The Labute approximate surface area is 229 Å². The SMILES string of the molecule is O[C@H]1[C@H](OCc2ccccc2)[C@@H](OCc2ccccc2)[C@@H](OCc2ccccc2)O[C@@H]1COc1ccccc1. The van der Waals surface area contributed by atoms with E-state index in [1.165, 1.54) is 0 Å². The lowest BCUT2D eigenvalue weighted by atomic mass is 9.98. The third-order valence-corrected chi connectivity index (χ3v) is 6.60. The topological polar surface area (TPSA) is 66.4 Å². The lowest BCUT2D eigenvalue weighted by Crippen LogP contribution is -2.61. The Morgan fingerprint density at radius 3 is 1.49 bits per heavy atom. The Balaban J connectivity index is 1.37. The van der Waals surface area contributed by atoms with E-state index in [0.29, 0.717) is 25.6 Å². The highest BCUT2D eigenvalue weighted by atomic mass is 16.7. The van der Waals surface area contributed by atoms with Crippen LogP contribution in [0.15, 0.2) is 121 Å². The van der Waals surface area contributed by atoms with Gasteiger partial charge in [0.2, 0.25) is 0 Å². The summed E-state index contributed by atoms with van der Waals surface area (Å²) in [6.45, 7) is 1.09. The highest BCUT2D eigenvalue weighted by Gasteiger charge is 2.48. The second-order valence-corrected chi connectivity index (χ2v) is 9.48. The summed E-state index contributed by atoms with van der Waals surface area (Å²) >= 11 is 0. The Bertz CT molecular complexity index is 1220. The second-order valence-electron chi connectivity index (χ2n) is 9.48. The molecular weight excluding hydrogens is 492 g/mol. The van der Waals surface area contributed by atoms with Gasteiger partial charge in [-0.15, -0.1) is 0 Å². The number of hydrogen-bond acceptors (Lipinski definition) is 6. The number of para-hydroxylation sites is 1. The van der Waals surface area contributed by atoms with Crippen molar-refractivity contribution in [2.24, 2.45) is 0 Å². The van der Waals surface area contributed by atoms with E-state index in [1.807, 2.05) is 121 Å². The maximum Gasteiger partial charge on any atom is 0.187 e. The lowest BCUT2D eigenvalue weighted by molar-refractivity contribution is -0.321. The van der Waals surface area contributed by atoms with E-state index >= 15 is 0 Å². The minimum Gasteiger partial charge on any atom is -0.491 e. The molecule has 1 N–H and O–H groups in total. The first-order chi connectivity index (χ1) is 19.3. The minimum atomic E-state index is -1.00. The molecule has 0 spiro atoms. The van der Waals surface area contributed by atoms with Gasteiger partial charge in [-0.2, -0.15) is 0 Å². The van der Waals surface area contributed by atoms with Crippen molar-refractivity contribution in [1.82, 2.24) is 0 Å². The molecule has 6 heteroatoms. The fourth-order valence-corrected chi connectivity index (χ4v) is 4.51. The molecule has 1 aliphatic heterocycles. The number of aliphatic hydroxyl groups is 1. The van der Waals surface area contributed by atoms with Crippen LogP contribution in [-0.4, -0.2) is 42.4 Å². The predicted molar refractivity (Wildman–Crippen MR) is 148 cm³/mol. The van der Waals surface area contributed by atoms with Crippen LogP contribution in [0.3, 0.4) is 0 Å². The van der Waals surface area contributed by atoms with Crippen LogP contribution in [0.5, 0.6) is 5.75 Å². The number of rotatable bonds is 12. The van der Waals surface area contributed by atoms with Crippen molar-refractivity contribution in [2.75, 3.05) is 6.61 Å². The van der Waals surface area contributed by atoms with Crippen molar-refractivity contribution in [2.45, 2.75) is 50.5 Å². The van der Waals surface area contributed by atoms with E-state index in [1.54, 1.807) is 0 Å². The largest absolute Gasteiger partial charge is 0.491 e. The molecule has 0 bridgehead atoms. The molecule has 202 valence electrons. The maximum atomic E-state index is 11.5. The quantitative estimate of drug-likeness (QED) is 0.262. The van der Waals surface area contributed by atoms with Gasteiger partial charge in [0, 0.05) is 0 Å². The van der Waals surface area contributed by atoms with E-state index < -0.39 is 30.7 Å². The van der Waals surface area contributed by atoms with Gasteiger partial charge < -0.3 is 28.8 Å². The molecule has 1 saturated heterocycles. The van der Waals surface area contributed by atoms with Crippen LogP contribution in [0, 0.1) is 0 Å². The van der Waals surface area contributed by atoms with Crippen molar-refractivity contribution in [3.63, 3.8) is 0 Å². The number of benzene rings is 4. The molecule has 1 aliphatic rings. The van der Waals surface area contributed by atoms with Gasteiger partial charge in [0.1, 0.15) is 36.8 Å². The zero-order valence-electron chi connectivity index (χ0n) is 21.8. The van der Waals surface area contributed by atoms with E-state index in [0.717, 1.165) is 16.7 Å². The molecule has 0 saturated carbocycles. The summed E-state index contributed by atoms with van der Waals surface area (Å²) < 4.78 is 31.3. The minimum absolute atomic E-state index is 0.132. The number of hydrogen-bond donors (Lipinski definition) is 1. The van der Waals surface area contributed by atoms with E-state index in [-0.39, 0.29) is 6.61 Å². The van der Waals surface area contributed by atoms with Gasteiger partial charge in [0.15, 0.2) is 6.29 Å². The van der Waals surface area contributed by atoms with Crippen LogP contribution < -0.4 is 4.74 Å². The van der Waals surface area contributed by atoms with Crippen LogP contribution in [-0.2, 0) is 38.8 Å². The summed E-state index contributed by atoms with van der Waals surface area (Å²) in [4.78, 5) is 0. The molecule has 5 rings (SSSR count). The molecule has 0 aliphatic carbocycles. The first-order valence-corrected chi connectivity index (χ1v) is 13.2. The maximum absolute atomic E-state index is 11.5. The van der Waals surface area contributed by atoms with E-state index in [9.17, 15) is 5.11 Å². The third kappa shape index (κ3) is 7.76. The smallest absolute Gasteiger partial charge is 0.187 e. The predicted octanol–water partition coefficient (Wildman–Crippen LogP) is 5.54. The molecule has 1 heterocycles. The molecule has 0 radical (unpaired) electrons. The Morgan fingerprint density at radius 1 is 0.538 bits per heavy atom. The van der Waals surface area contributed by atoms with Gasteiger partial charge in [0.25, 0.3) is 0 Å². The molecule has 1 fully saturated rings. The molecule has 4 aromatic carbocycles. The molecular formula is C33H34O6. The molecule has 4 aromatic rings. The summed E-state index contributed by atoms with van der Waals surface area (Å²) in [6, 6.07) is 39.1. The van der Waals surface area contributed by atoms with Gasteiger partial charge >= 0.3 is 0 Å². The molecule has 0 unspecified atom stereocenters. The lowest BCUT2D eigenvalue weighted by Gasteiger charge is -2.44. The van der Waals surface area contributed by atoms with Crippen LogP contribution >= 0.6 is 0 Å². The fraction of sp³-hybridized carbons (Fsp3) is 0.273. The van der Waals surface area contributed by atoms with Crippen LogP contribution in [0.4, 0.5) is 0 Å². The second kappa shape index (κ2) is 14.0. The molecule has 5 atom stereocenters. The Kier molecular flexibility index (Phi) is 9.74. The highest BCUT2D eigenvalue weighted by molar-refractivity contribution is 5.21. The van der Waals surface area contributed by atoms with Gasteiger partial charge in [-0.3, -0.25) is 0 Å². The first kappa shape index (κ1) is 27.1. The highest BCUT2D eigenvalue weighted by Crippen LogP contribution is 2.30. The van der Waals surface area contributed by atoms with Crippen molar-refractivity contribution in [3.8, 4) is 5.75 Å². The average Bonchev–Trinajstić information content (AvgIpc) is 3.00. The first-order valence-electron chi connectivity index (χ1n) is 13.2. The van der Waals surface area contributed by atoms with Gasteiger partial charge in [0.05, 0.1) is 19.8 Å². The monoisotopic (exact) mass is 526 g/mol. The van der Waals surface area contributed by atoms with Crippen LogP contribution in [0.25, 0.3) is 0 Å². The summed E-state index contributed by atoms with van der Waals surface area (Å²) in [6.07, 6.45) is -3.88. The number of aliphatic hydroxyl groups excluding tert-OH is 1. The zero-order chi connectivity index (χ0) is 26.7. The fourth-order valence-electron chi connectivity index (χ4n) is 4.51. The van der Waals surface area contributed by atoms with Crippen molar-refractivity contribution < 1.29 is 28.8 Å². The van der Waals surface area contributed by atoms with Gasteiger partial charge in [-0.05, 0) is 28.8 Å². The summed E-state index contributed by atoms with van der Waals surface area (Å²) in [7, 11) is 0. The standard InChI is InChI=1S/C33H34O6/c34-30-29(24-35-28-19-11-4-12-20-28)39-33(38-23-27-17-9-3-10-18-27)32(37-22-26-15-7-2-8-16-26)31(30)36-21-25-13-5-1-6-14-25/h1-20,29-34H,21-24H2/t29-,30-,31+,32-,33+/m1/s1. The molecule has 39 heavy (non-hydrogen) atoms. The molecule has 6 nitrogen and oxygen atoms in total. The Morgan fingerprint density at radius 2 is 0.974 bits per heavy atom. The third-order valence-electron chi connectivity index (χ3n) is 6.60. The van der Waals surface area contributed by atoms with Gasteiger partial charge in [-0.1, -0.05) is 109 Å². The van der Waals surface area contributed by atoms with Crippen LogP contribution in [0.1, 0.15) is 16.7 Å². The Hall–Kier alpha value is -3.52. The van der Waals surface area contributed by atoms with Crippen LogP contribution in [0.2, 0.25) is 0 Å². The summed E-state index contributed by atoms with van der Waals surface area (Å²) in [5.41, 5.74) is 3.01. The summed E-state index contributed by atoms with van der Waals surface area (Å²) in [5, 5.41) is 11.5. The van der Waals surface area contributed by atoms with E-state index in [2.05, 4.69) is 0 Å². The normalized spacial score (nSPS) is 22.8. The molecule has 0 amide bonds. The summed E-state index contributed by atoms with van der Waals surface area (Å²) in [5.74, 6) is 0.694. The average molecular weight is 527 g/mol. The van der Waals surface area contributed by atoms with Crippen molar-refractivity contribution in [1.29, 1.82) is 0 Å². The van der Waals surface area contributed by atoms with Crippen molar-refractivity contribution in [3.05, 3.63) is 138 Å². The van der Waals surface area contributed by atoms with Gasteiger partial charge in [-0.25, -0.2) is 0 Å². The zero-order valence-corrected chi connectivity index (χ0v) is 21.8.